The van der Waals surface area contributed by atoms with E-state index in [1.54, 1.807) is 18.2 Å². The van der Waals surface area contributed by atoms with Gasteiger partial charge in [0.15, 0.2) is 0 Å². The summed E-state index contributed by atoms with van der Waals surface area (Å²) in [7, 11) is 0. The highest BCUT2D eigenvalue weighted by molar-refractivity contribution is 6.30. The topological polar surface area (TPSA) is 25.4 Å². The van der Waals surface area contributed by atoms with Crippen LogP contribution in [-0.2, 0) is 6.54 Å². The summed E-state index contributed by atoms with van der Waals surface area (Å²) in [5.41, 5.74) is 1.17. The molecular formula is C16H15Cl2FN2O. The second kappa shape index (κ2) is 5.60. The first-order chi connectivity index (χ1) is 10.3. The molecule has 6 heteroatoms. The van der Waals surface area contributed by atoms with E-state index in [1.165, 1.54) is 6.07 Å². The predicted molar refractivity (Wildman–Crippen MR) is 86.4 cm³/mol. The van der Waals surface area contributed by atoms with Gasteiger partial charge in [-0.15, -0.1) is 0 Å². The van der Waals surface area contributed by atoms with Crippen LogP contribution in [-0.4, -0.2) is 17.1 Å². The minimum Gasteiger partial charge on any atom is -0.469 e. The summed E-state index contributed by atoms with van der Waals surface area (Å²) in [4.78, 5) is 6.29. The molecule has 116 valence electrons. The van der Waals surface area contributed by atoms with Crippen LogP contribution in [0.3, 0.4) is 0 Å². The minimum absolute atomic E-state index is 0.114. The van der Waals surface area contributed by atoms with Crippen molar-refractivity contribution in [2.24, 2.45) is 0 Å². The second-order valence-corrected chi connectivity index (χ2v) is 6.71. The van der Waals surface area contributed by atoms with Crippen molar-refractivity contribution in [1.29, 1.82) is 0 Å². The monoisotopic (exact) mass is 340 g/mol. The fourth-order valence-electron chi connectivity index (χ4n) is 2.53. The molecule has 22 heavy (non-hydrogen) atoms. The van der Waals surface area contributed by atoms with E-state index >= 15 is 0 Å². The lowest BCUT2D eigenvalue weighted by molar-refractivity contribution is 0.115. The SMILES string of the molecule is CC1(C)CN(c2ccc(Cl)c(F)c2)Cc2ccc(Cl)nc2O1. The number of fused-ring (bicyclic) bond motifs is 1. The maximum atomic E-state index is 13.8. The van der Waals surface area contributed by atoms with Crippen molar-refractivity contribution < 1.29 is 9.13 Å². The van der Waals surface area contributed by atoms with Gasteiger partial charge in [0.1, 0.15) is 16.6 Å². The fraction of sp³-hybridized carbons (Fsp3) is 0.312. The molecule has 2 aromatic rings. The van der Waals surface area contributed by atoms with Crippen LogP contribution in [0.5, 0.6) is 5.88 Å². The molecule has 0 saturated heterocycles. The van der Waals surface area contributed by atoms with Crippen molar-refractivity contribution in [2.75, 3.05) is 11.4 Å². The van der Waals surface area contributed by atoms with Gasteiger partial charge in [-0.2, -0.15) is 0 Å². The number of ether oxygens (including phenoxy) is 1. The van der Waals surface area contributed by atoms with E-state index in [2.05, 4.69) is 4.98 Å². The number of hydrogen-bond donors (Lipinski definition) is 0. The van der Waals surface area contributed by atoms with Crippen LogP contribution >= 0.6 is 23.2 Å². The molecule has 1 aromatic heterocycles. The average molecular weight is 341 g/mol. The summed E-state index contributed by atoms with van der Waals surface area (Å²) in [6.45, 7) is 5.07. The third-order valence-corrected chi connectivity index (χ3v) is 4.00. The standard InChI is InChI=1S/C16H15Cl2FN2O/c1-16(2)9-21(11-4-5-12(17)13(19)7-11)8-10-3-6-14(18)20-15(10)22-16/h3-7H,8-9H2,1-2H3. The maximum absolute atomic E-state index is 13.8. The Morgan fingerprint density at radius 2 is 2.00 bits per heavy atom. The summed E-state index contributed by atoms with van der Waals surface area (Å²) in [5, 5.41) is 0.503. The number of hydrogen-bond acceptors (Lipinski definition) is 3. The normalized spacial score (nSPS) is 16.7. The lowest BCUT2D eigenvalue weighted by atomic mass is 10.1. The molecule has 0 unspecified atom stereocenters. The van der Waals surface area contributed by atoms with Crippen molar-refractivity contribution in [1.82, 2.24) is 4.98 Å². The van der Waals surface area contributed by atoms with E-state index in [1.807, 2.05) is 24.8 Å². The van der Waals surface area contributed by atoms with Crippen LogP contribution in [0.15, 0.2) is 30.3 Å². The van der Waals surface area contributed by atoms with Crippen LogP contribution in [0, 0.1) is 5.82 Å². The van der Waals surface area contributed by atoms with Gasteiger partial charge in [0.2, 0.25) is 5.88 Å². The summed E-state index contributed by atoms with van der Waals surface area (Å²) in [5.74, 6) is 0.0889. The Morgan fingerprint density at radius 3 is 2.73 bits per heavy atom. The summed E-state index contributed by atoms with van der Waals surface area (Å²) >= 11 is 11.7. The molecule has 3 rings (SSSR count). The van der Waals surface area contributed by atoms with Crippen molar-refractivity contribution in [3.05, 3.63) is 51.9 Å². The zero-order valence-corrected chi connectivity index (χ0v) is 13.7. The van der Waals surface area contributed by atoms with E-state index in [0.29, 0.717) is 24.1 Å². The van der Waals surface area contributed by atoms with Gasteiger partial charge < -0.3 is 9.64 Å². The third-order valence-electron chi connectivity index (χ3n) is 3.48. The van der Waals surface area contributed by atoms with Gasteiger partial charge >= 0.3 is 0 Å². The van der Waals surface area contributed by atoms with Gasteiger partial charge in [-0.3, -0.25) is 0 Å². The first kappa shape index (κ1) is 15.4. The van der Waals surface area contributed by atoms with Gasteiger partial charge in [0.25, 0.3) is 0 Å². The van der Waals surface area contributed by atoms with Gasteiger partial charge in [-0.05, 0) is 44.2 Å². The lowest BCUT2D eigenvalue weighted by Gasteiger charge is -2.30. The highest BCUT2D eigenvalue weighted by Crippen LogP contribution is 2.32. The second-order valence-electron chi connectivity index (χ2n) is 5.91. The Hall–Kier alpha value is -1.52. The fourth-order valence-corrected chi connectivity index (χ4v) is 2.79. The van der Waals surface area contributed by atoms with Crippen LogP contribution in [0.4, 0.5) is 10.1 Å². The van der Waals surface area contributed by atoms with Crippen molar-refractivity contribution in [3.8, 4) is 5.88 Å². The summed E-state index contributed by atoms with van der Waals surface area (Å²) in [6.07, 6.45) is 0. The number of benzene rings is 1. The van der Waals surface area contributed by atoms with Crippen molar-refractivity contribution in [2.45, 2.75) is 26.0 Å². The molecule has 0 radical (unpaired) electrons. The lowest BCUT2D eigenvalue weighted by Crippen LogP contribution is -2.40. The van der Waals surface area contributed by atoms with E-state index in [9.17, 15) is 4.39 Å². The Morgan fingerprint density at radius 1 is 1.23 bits per heavy atom. The number of anilines is 1. The quantitative estimate of drug-likeness (QED) is 0.703. The smallest absolute Gasteiger partial charge is 0.220 e. The molecule has 1 aromatic carbocycles. The Balaban J connectivity index is 2.02. The van der Waals surface area contributed by atoms with Crippen LogP contribution < -0.4 is 9.64 Å². The molecule has 0 N–H and O–H groups in total. The molecule has 1 aliphatic heterocycles. The highest BCUT2D eigenvalue weighted by Gasteiger charge is 2.30. The molecule has 1 aliphatic rings. The van der Waals surface area contributed by atoms with Crippen molar-refractivity contribution >= 4 is 28.9 Å². The molecule has 0 amide bonds. The Kier molecular flexibility index (Phi) is 3.91. The van der Waals surface area contributed by atoms with Crippen LogP contribution in [0.25, 0.3) is 0 Å². The van der Waals surface area contributed by atoms with Crippen molar-refractivity contribution in [3.63, 3.8) is 0 Å². The molecule has 2 heterocycles. The molecule has 0 saturated carbocycles. The molecule has 3 nitrogen and oxygen atoms in total. The van der Waals surface area contributed by atoms with Gasteiger partial charge in [-0.1, -0.05) is 23.2 Å². The van der Waals surface area contributed by atoms with Gasteiger partial charge in [0, 0.05) is 17.8 Å². The average Bonchev–Trinajstić information content (AvgIpc) is 2.56. The van der Waals surface area contributed by atoms with E-state index in [4.69, 9.17) is 27.9 Å². The van der Waals surface area contributed by atoms with Crippen LogP contribution in [0.1, 0.15) is 19.4 Å². The number of halogens is 3. The van der Waals surface area contributed by atoms with E-state index < -0.39 is 11.4 Å². The molecule has 0 fully saturated rings. The molecule has 0 aliphatic carbocycles. The Labute approximate surface area is 138 Å². The first-order valence-electron chi connectivity index (χ1n) is 6.88. The largest absolute Gasteiger partial charge is 0.469 e. The number of aromatic nitrogens is 1. The highest BCUT2D eigenvalue weighted by atomic mass is 35.5. The minimum atomic E-state index is -0.487. The molecular weight excluding hydrogens is 326 g/mol. The zero-order chi connectivity index (χ0) is 15.9. The molecule has 0 atom stereocenters. The third kappa shape index (κ3) is 3.13. The summed E-state index contributed by atoms with van der Waals surface area (Å²) < 4.78 is 19.7. The number of nitrogens with zero attached hydrogens (tertiary/aromatic N) is 2. The number of rotatable bonds is 1. The first-order valence-corrected chi connectivity index (χ1v) is 7.64. The molecule has 0 bridgehead atoms. The van der Waals surface area contributed by atoms with Crippen LogP contribution in [0.2, 0.25) is 10.2 Å². The predicted octanol–water partition coefficient (Wildman–Crippen LogP) is 4.71. The van der Waals surface area contributed by atoms with E-state index in [0.717, 1.165) is 11.3 Å². The van der Waals surface area contributed by atoms with E-state index in [-0.39, 0.29) is 5.02 Å². The summed E-state index contributed by atoms with van der Waals surface area (Å²) in [6, 6.07) is 8.41. The van der Waals surface area contributed by atoms with Gasteiger partial charge in [0.05, 0.1) is 11.6 Å². The number of pyridine rings is 1. The van der Waals surface area contributed by atoms with Gasteiger partial charge in [-0.25, -0.2) is 9.37 Å². The Bertz CT molecular complexity index is 721. The molecule has 0 spiro atoms. The maximum Gasteiger partial charge on any atom is 0.220 e. The zero-order valence-electron chi connectivity index (χ0n) is 12.2.